The molecule has 1 saturated heterocycles. The predicted molar refractivity (Wildman–Crippen MR) is 45.4 cm³/mol. The van der Waals surface area contributed by atoms with Gasteiger partial charge in [-0.15, -0.1) is 0 Å². The summed E-state index contributed by atoms with van der Waals surface area (Å²) in [6, 6.07) is 0. The van der Waals surface area contributed by atoms with Crippen molar-refractivity contribution >= 4 is 0 Å². The molecule has 1 rings (SSSR count). The van der Waals surface area contributed by atoms with Gasteiger partial charge in [0.05, 0.1) is 25.9 Å². The number of hydrogen-bond acceptors (Lipinski definition) is 6. The molecular weight excluding hydrogens is 192 g/mol. The zero-order valence-electron chi connectivity index (χ0n) is 7.65. The zero-order valence-corrected chi connectivity index (χ0v) is 7.65. The molecule has 0 spiro atoms. The maximum Gasteiger partial charge on any atom is 0.111 e. The summed E-state index contributed by atoms with van der Waals surface area (Å²) in [6.45, 7) is -0.430. The maximum absolute atomic E-state index is 9.47. The number of hydrogen-bond donors (Lipinski definition) is 5. The Bertz CT molecular complexity index is 169. The summed E-state index contributed by atoms with van der Waals surface area (Å²) in [6.07, 6.45) is -5.45. The first-order chi connectivity index (χ1) is 6.57. The van der Waals surface area contributed by atoms with Crippen LogP contribution in [0.2, 0.25) is 0 Å². The van der Waals surface area contributed by atoms with Crippen molar-refractivity contribution in [1.29, 1.82) is 0 Å². The Morgan fingerprint density at radius 2 is 1.57 bits per heavy atom. The highest BCUT2D eigenvalue weighted by atomic mass is 16.5. The molecule has 6 nitrogen and oxygen atoms in total. The van der Waals surface area contributed by atoms with Gasteiger partial charge in [-0.3, -0.25) is 0 Å². The summed E-state index contributed by atoms with van der Waals surface area (Å²) in [5, 5.41) is 46.3. The highest BCUT2D eigenvalue weighted by Crippen LogP contribution is 2.16. The Balaban J connectivity index is 2.67. The molecule has 0 unspecified atom stereocenters. The molecule has 0 amide bonds. The van der Waals surface area contributed by atoms with Crippen molar-refractivity contribution in [3.8, 4) is 0 Å². The van der Waals surface area contributed by atoms with E-state index in [1.54, 1.807) is 0 Å². The lowest BCUT2D eigenvalue weighted by Gasteiger charge is -2.33. The lowest BCUT2D eigenvalue weighted by molar-refractivity contribution is -0.164. The van der Waals surface area contributed by atoms with E-state index in [4.69, 9.17) is 9.84 Å². The van der Waals surface area contributed by atoms with E-state index in [0.717, 1.165) is 0 Å². The van der Waals surface area contributed by atoms with Gasteiger partial charge in [-0.2, -0.15) is 0 Å². The normalized spacial score (nSPS) is 45.6. The Morgan fingerprint density at radius 1 is 0.929 bits per heavy atom. The molecule has 0 bridgehead atoms. The van der Waals surface area contributed by atoms with E-state index in [1.165, 1.54) is 0 Å². The molecule has 5 atom stereocenters. The first-order valence-corrected chi connectivity index (χ1v) is 4.48. The molecule has 6 heteroatoms. The van der Waals surface area contributed by atoms with E-state index in [2.05, 4.69) is 0 Å². The number of aliphatic hydroxyl groups is 5. The quantitative estimate of drug-likeness (QED) is 0.315. The molecule has 1 aliphatic heterocycles. The van der Waals surface area contributed by atoms with Crippen LogP contribution in [0.25, 0.3) is 0 Å². The molecule has 1 aliphatic rings. The van der Waals surface area contributed by atoms with Crippen LogP contribution in [0.3, 0.4) is 0 Å². The molecule has 0 aliphatic carbocycles. The predicted octanol–water partition coefficient (Wildman–Crippen LogP) is -2.93. The van der Waals surface area contributed by atoms with E-state index in [-0.39, 0.29) is 19.8 Å². The third kappa shape index (κ3) is 2.41. The van der Waals surface area contributed by atoms with Gasteiger partial charge in [0.25, 0.3) is 0 Å². The largest absolute Gasteiger partial charge is 0.396 e. The molecule has 84 valence electrons. The molecular formula is C8H16O6. The zero-order chi connectivity index (χ0) is 10.7. The van der Waals surface area contributed by atoms with Gasteiger partial charge in [-0.05, 0) is 0 Å². The number of aliphatic hydroxyl groups excluding tert-OH is 5. The first kappa shape index (κ1) is 11.8. The number of ether oxygens (including phenoxy) is 1. The Hall–Kier alpha value is -0.240. The van der Waals surface area contributed by atoms with Gasteiger partial charge in [-0.1, -0.05) is 0 Å². The minimum absolute atomic E-state index is 0.0402. The van der Waals surface area contributed by atoms with Crippen molar-refractivity contribution in [2.75, 3.05) is 19.8 Å². The molecule has 5 N–H and O–H groups in total. The van der Waals surface area contributed by atoms with E-state index in [9.17, 15) is 20.4 Å². The van der Waals surface area contributed by atoms with Gasteiger partial charge in [0.1, 0.15) is 18.3 Å². The summed E-state index contributed by atoms with van der Waals surface area (Å²) < 4.78 is 4.94. The van der Waals surface area contributed by atoms with Gasteiger partial charge in [-0.25, -0.2) is 0 Å². The molecule has 14 heavy (non-hydrogen) atoms. The topological polar surface area (TPSA) is 110 Å². The van der Waals surface area contributed by atoms with Crippen molar-refractivity contribution in [2.45, 2.75) is 24.4 Å². The fourth-order valence-corrected chi connectivity index (χ4v) is 1.41. The SMILES string of the molecule is OC[C@H]1COC[C@@H](O)[C@@H](O)[C@@H](O)[C@H]1O. The Kier molecular flexibility index (Phi) is 4.24. The lowest BCUT2D eigenvalue weighted by atomic mass is 9.93. The van der Waals surface area contributed by atoms with Crippen LogP contribution >= 0.6 is 0 Å². The van der Waals surface area contributed by atoms with Crippen LogP contribution in [0.15, 0.2) is 0 Å². The van der Waals surface area contributed by atoms with Gasteiger partial charge in [0, 0.05) is 5.92 Å². The van der Waals surface area contributed by atoms with Gasteiger partial charge in [0.15, 0.2) is 0 Å². The molecule has 0 saturated carbocycles. The number of rotatable bonds is 1. The van der Waals surface area contributed by atoms with E-state index < -0.39 is 30.3 Å². The lowest BCUT2D eigenvalue weighted by Crippen LogP contribution is -2.52. The molecule has 0 radical (unpaired) electrons. The standard InChI is InChI=1S/C8H16O6/c9-1-4-2-14-3-5(10)7(12)8(13)6(4)11/h4-13H,1-3H2/t4-,5+,6-,7+,8-/m0/s1. The van der Waals surface area contributed by atoms with Crippen LogP contribution < -0.4 is 0 Å². The first-order valence-electron chi connectivity index (χ1n) is 4.48. The molecule has 0 aromatic carbocycles. The Morgan fingerprint density at radius 3 is 2.14 bits per heavy atom. The van der Waals surface area contributed by atoms with Gasteiger partial charge < -0.3 is 30.3 Å². The van der Waals surface area contributed by atoms with Crippen molar-refractivity contribution < 1.29 is 30.3 Å². The van der Waals surface area contributed by atoms with Crippen molar-refractivity contribution in [3.05, 3.63) is 0 Å². The summed E-state index contributed by atoms with van der Waals surface area (Å²) >= 11 is 0. The molecule has 0 aromatic heterocycles. The monoisotopic (exact) mass is 208 g/mol. The second kappa shape index (κ2) is 5.01. The highest BCUT2D eigenvalue weighted by molar-refractivity contribution is 4.86. The average molecular weight is 208 g/mol. The summed E-state index contributed by atoms with van der Waals surface area (Å²) in [5.41, 5.74) is 0. The summed E-state index contributed by atoms with van der Waals surface area (Å²) in [4.78, 5) is 0. The highest BCUT2D eigenvalue weighted by Gasteiger charge is 2.36. The van der Waals surface area contributed by atoms with E-state index in [0.29, 0.717) is 0 Å². The minimum atomic E-state index is -1.47. The van der Waals surface area contributed by atoms with Crippen LogP contribution in [0, 0.1) is 5.92 Å². The maximum atomic E-state index is 9.47. The van der Waals surface area contributed by atoms with Crippen LogP contribution in [-0.2, 0) is 4.74 Å². The fraction of sp³-hybridized carbons (Fsp3) is 1.00. The second-order valence-electron chi connectivity index (χ2n) is 3.52. The minimum Gasteiger partial charge on any atom is -0.396 e. The third-order valence-electron chi connectivity index (χ3n) is 2.43. The van der Waals surface area contributed by atoms with Crippen LogP contribution in [0.4, 0.5) is 0 Å². The summed E-state index contributed by atoms with van der Waals surface area (Å²) in [7, 11) is 0. The van der Waals surface area contributed by atoms with Gasteiger partial charge >= 0.3 is 0 Å². The molecule has 0 aromatic rings. The second-order valence-corrected chi connectivity index (χ2v) is 3.52. The van der Waals surface area contributed by atoms with Gasteiger partial charge in [0.2, 0.25) is 0 Å². The van der Waals surface area contributed by atoms with E-state index >= 15 is 0 Å². The fourth-order valence-electron chi connectivity index (χ4n) is 1.41. The average Bonchev–Trinajstić information content (AvgIpc) is 2.20. The Labute approximate surface area is 81.4 Å². The molecule has 1 fully saturated rings. The van der Waals surface area contributed by atoms with Crippen molar-refractivity contribution in [3.63, 3.8) is 0 Å². The smallest absolute Gasteiger partial charge is 0.111 e. The van der Waals surface area contributed by atoms with Crippen LogP contribution in [0.1, 0.15) is 0 Å². The molecule has 1 heterocycles. The van der Waals surface area contributed by atoms with Crippen molar-refractivity contribution in [2.24, 2.45) is 5.92 Å². The third-order valence-corrected chi connectivity index (χ3v) is 2.43. The van der Waals surface area contributed by atoms with E-state index in [1.807, 2.05) is 0 Å². The van der Waals surface area contributed by atoms with Crippen molar-refractivity contribution in [1.82, 2.24) is 0 Å². The van der Waals surface area contributed by atoms with Crippen LogP contribution in [-0.4, -0.2) is 69.8 Å². The van der Waals surface area contributed by atoms with Crippen LogP contribution in [0.5, 0.6) is 0 Å². The summed E-state index contributed by atoms with van der Waals surface area (Å²) in [5.74, 6) is -0.646.